The van der Waals surface area contributed by atoms with Gasteiger partial charge in [0.2, 0.25) is 0 Å². The zero-order valence-electron chi connectivity index (χ0n) is 16.8. The van der Waals surface area contributed by atoms with E-state index in [1.165, 1.54) is 24.3 Å². The third-order valence-corrected chi connectivity index (χ3v) is 5.37. The first-order chi connectivity index (χ1) is 13.9. The van der Waals surface area contributed by atoms with Crippen LogP contribution in [-0.2, 0) is 6.54 Å². The molecule has 3 rings (SSSR count). The lowest BCUT2D eigenvalue weighted by Gasteiger charge is -2.33. The Labute approximate surface area is 169 Å². The molecule has 0 spiro atoms. The number of amides is 2. The Morgan fingerprint density at radius 2 is 2.03 bits per heavy atom. The number of rotatable bonds is 5. The van der Waals surface area contributed by atoms with Gasteiger partial charge in [0.1, 0.15) is 5.82 Å². The number of likely N-dealkylation sites (tertiary alicyclic amines) is 1. The van der Waals surface area contributed by atoms with Crippen molar-refractivity contribution in [3.05, 3.63) is 69.4 Å². The first-order valence-corrected chi connectivity index (χ1v) is 9.93. The number of halogens is 1. The average Bonchev–Trinajstić information content (AvgIpc) is 2.71. The van der Waals surface area contributed by atoms with Crippen molar-refractivity contribution in [3.63, 3.8) is 0 Å². The van der Waals surface area contributed by atoms with Gasteiger partial charge in [0, 0.05) is 49.6 Å². The molecule has 2 heterocycles. The molecule has 1 unspecified atom stereocenters. The number of carbonyl (C=O) groups is 2. The van der Waals surface area contributed by atoms with Crippen molar-refractivity contribution in [2.45, 2.75) is 33.2 Å². The summed E-state index contributed by atoms with van der Waals surface area (Å²) in [5.41, 5.74) is 1.25. The van der Waals surface area contributed by atoms with E-state index in [1.807, 2.05) is 6.92 Å². The minimum atomic E-state index is -0.368. The molecule has 0 bridgehead atoms. The van der Waals surface area contributed by atoms with E-state index in [0.717, 1.165) is 12.8 Å². The van der Waals surface area contributed by atoms with Crippen LogP contribution in [0.4, 0.5) is 4.39 Å². The van der Waals surface area contributed by atoms with Crippen LogP contribution in [0.2, 0.25) is 0 Å². The van der Waals surface area contributed by atoms with Crippen molar-refractivity contribution in [1.82, 2.24) is 14.8 Å². The quantitative estimate of drug-likeness (QED) is 0.840. The number of benzene rings is 1. The van der Waals surface area contributed by atoms with E-state index in [9.17, 15) is 18.8 Å². The topological polar surface area (TPSA) is 71.4 Å². The van der Waals surface area contributed by atoms with Crippen LogP contribution in [0.3, 0.4) is 0 Å². The summed E-state index contributed by atoms with van der Waals surface area (Å²) in [7, 11) is 0. The van der Waals surface area contributed by atoms with Gasteiger partial charge in [0.25, 0.3) is 17.4 Å². The number of carbonyl (C=O) groups excluding carboxylic acids is 2. The van der Waals surface area contributed by atoms with Gasteiger partial charge in [-0.15, -0.1) is 0 Å². The van der Waals surface area contributed by atoms with E-state index in [1.54, 1.807) is 28.7 Å². The largest absolute Gasteiger partial charge is 0.352 e. The maximum absolute atomic E-state index is 13.2. The predicted molar refractivity (Wildman–Crippen MR) is 108 cm³/mol. The van der Waals surface area contributed by atoms with E-state index < -0.39 is 0 Å². The fourth-order valence-corrected chi connectivity index (χ4v) is 3.71. The third-order valence-electron chi connectivity index (χ3n) is 5.37. The Hall–Kier alpha value is -2.96. The molecular formula is C22H26FN3O3. The summed E-state index contributed by atoms with van der Waals surface area (Å²) in [4.78, 5) is 38.9. The van der Waals surface area contributed by atoms with Crippen molar-refractivity contribution >= 4 is 11.8 Å². The number of hydrogen-bond donors (Lipinski definition) is 1. The Bertz CT molecular complexity index is 970. The molecule has 1 atom stereocenters. The first kappa shape index (κ1) is 20.8. The number of piperidine rings is 1. The van der Waals surface area contributed by atoms with Gasteiger partial charge in [-0.3, -0.25) is 14.4 Å². The second-order valence-electron chi connectivity index (χ2n) is 7.47. The number of aromatic nitrogens is 1. The molecule has 1 aromatic heterocycles. The second kappa shape index (κ2) is 9.03. The van der Waals surface area contributed by atoms with Gasteiger partial charge < -0.3 is 14.8 Å². The SMILES string of the molecule is CCn1ccc(C(=O)N2CCCC(CNC(=O)c3ccc(F)cc3C)C2)cc1=O. The number of pyridine rings is 1. The summed E-state index contributed by atoms with van der Waals surface area (Å²) in [6.45, 7) is 5.74. The summed E-state index contributed by atoms with van der Waals surface area (Å²) in [6.07, 6.45) is 3.39. The average molecular weight is 399 g/mol. The highest BCUT2D eigenvalue weighted by atomic mass is 19.1. The van der Waals surface area contributed by atoms with Gasteiger partial charge in [-0.25, -0.2) is 4.39 Å². The third kappa shape index (κ3) is 4.91. The standard InChI is InChI=1S/C22H26FN3O3/c1-3-25-10-8-17(12-20(25)27)22(29)26-9-4-5-16(14-26)13-24-21(28)19-7-6-18(23)11-15(19)2/h6-8,10-12,16H,3-5,9,13-14H2,1-2H3,(H,24,28). The number of aryl methyl sites for hydroxylation is 2. The van der Waals surface area contributed by atoms with Crippen molar-refractivity contribution < 1.29 is 14.0 Å². The molecule has 1 N–H and O–H groups in total. The maximum Gasteiger partial charge on any atom is 0.254 e. The second-order valence-corrected chi connectivity index (χ2v) is 7.47. The zero-order valence-corrected chi connectivity index (χ0v) is 16.8. The van der Waals surface area contributed by atoms with Gasteiger partial charge in [-0.2, -0.15) is 0 Å². The van der Waals surface area contributed by atoms with E-state index in [2.05, 4.69) is 5.32 Å². The highest BCUT2D eigenvalue weighted by molar-refractivity contribution is 5.95. The van der Waals surface area contributed by atoms with Crippen LogP contribution < -0.4 is 10.9 Å². The normalized spacial score (nSPS) is 16.5. The van der Waals surface area contributed by atoms with E-state index in [0.29, 0.717) is 42.9 Å². The molecule has 1 fully saturated rings. The molecule has 0 radical (unpaired) electrons. The van der Waals surface area contributed by atoms with Crippen LogP contribution >= 0.6 is 0 Å². The molecule has 6 nitrogen and oxygen atoms in total. The Morgan fingerprint density at radius 3 is 2.72 bits per heavy atom. The number of hydrogen-bond acceptors (Lipinski definition) is 3. The van der Waals surface area contributed by atoms with Gasteiger partial charge >= 0.3 is 0 Å². The zero-order chi connectivity index (χ0) is 21.0. The maximum atomic E-state index is 13.2. The lowest BCUT2D eigenvalue weighted by atomic mass is 9.97. The minimum absolute atomic E-state index is 0.133. The van der Waals surface area contributed by atoms with Gasteiger partial charge in [0.15, 0.2) is 0 Å². The van der Waals surface area contributed by atoms with Gasteiger partial charge in [0.05, 0.1) is 0 Å². The number of nitrogens with one attached hydrogen (secondary N) is 1. The molecule has 154 valence electrons. The van der Waals surface area contributed by atoms with Crippen molar-refractivity contribution in [3.8, 4) is 0 Å². The predicted octanol–water partition coefficient (Wildman–Crippen LogP) is 2.60. The molecule has 2 aromatic rings. The molecule has 29 heavy (non-hydrogen) atoms. The van der Waals surface area contributed by atoms with Crippen LogP contribution in [-0.4, -0.2) is 40.9 Å². The van der Waals surface area contributed by atoms with Gasteiger partial charge in [-0.1, -0.05) is 0 Å². The van der Waals surface area contributed by atoms with Crippen molar-refractivity contribution in [1.29, 1.82) is 0 Å². The van der Waals surface area contributed by atoms with E-state index in [-0.39, 0.29) is 29.1 Å². The molecule has 7 heteroatoms. The van der Waals surface area contributed by atoms with Crippen LogP contribution in [0.1, 0.15) is 46.0 Å². The summed E-state index contributed by atoms with van der Waals surface area (Å²) < 4.78 is 14.8. The first-order valence-electron chi connectivity index (χ1n) is 9.93. The van der Waals surface area contributed by atoms with Crippen LogP contribution in [0, 0.1) is 18.7 Å². The molecular weight excluding hydrogens is 373 g/mol. The summed E-state index contributed by atoms with van der Waals surface area (Å²) in [5, 5.41) is 2.90. The van der Waals surface area contributed by atoms with Crippen LogP contribution in [0.15, 0.2) is 41.3 Å². The van der Waals surface area contributed by atoms with Crippen LogP contribution in [0.25, 0.3) is 0 Å². The molecule has 0 saturated carbocycles. The summed E-state index contributed by atoms with van der Waals surface area (Å²) in [6, 6.07) is 7.15. The fraction of sp³-hybridized carbons (Fsp3) is 0.409. The Balaban J connectivity index is 1.60. The van der Waals surface area contributed by atoms with Crippen molar-refractivity contribution in [2.24, 2.45) is 5.92 Å². The fourth-order valence-electron chi connectivity index (χ4n) is 3.71. The van der Waals surface area contributed by atoms with E-state index in [4.69, 9.17) is 0 Å². The van der Waals surface area contributed by atoms with Gasteiger partial charge in [-0.05, 0) is 62.4 Å². The Morgan fingerprint density at radius 1 is 1.24 bits per heavy atom. The summed E-state index contributed by atoms with van der Waals surface area (Å²) in [5.74, 6) is -0.634. The molecule has 2 amide bonds. The highest BCUT2D eigenvalue weighted by Gasteiger charge is 2.25. The number of nitrogens with zero attached hydrogens (tertiary/aromatic N) is 2. The molecule has 0 aliphatic carbocycles. The lowest BCUT2D eigenvalue weighted by Crippen LogP contribution is -2.44. The molecule has 1 aliphatic rings. The monoisotopic (exact) mass is 399 g/mol. The molecule has 1 saturated heterocycles. The minimum Gasteiger partial charge on any atom is -0.352 e. The molecule has 1 aromatic carbocycles. The van der Waals surface area contributed by atoms with Crippen molar-refractivity contribution in [2.75, 3.05) is 19.6 Å². The highest BCUT2D eigenvalue weighted by Crippen LogP contribution is 2.18. The smallest absolute Gasteiger partial charge is 0.254 e. The lowest BCUT2D eigenvalue weighted by molar-refractivity contribution is 0.0670. The molecule has 1 aliphatic heterocycles. The Kier molecular flexibility index (Phi) is 6.46. The van der Waals surface area contributed by atoms with E-state index >= 15 is 0 Å². The summed E-state index contributed by atoms with van der Waals surface area (Å²) >= 11 is 0. The van der Waals surface area contributed by atoms with Crippen LogP contribution in [0.5, 0.6) is 0 Å².